The maximum Gasteiger partial charge on any atom is 0.348 e. The maximum absolute atomic E-state index is 12.3. The summed E-state index contributed by atoms with van der Waals surface area (Å²) in [5, 5.41) is 68.3. The van der Waals surface area contributed by atoms with Crippen LogP contribution in [0.3, 0.4) is 0 Å². The Labute approximate surface area is 209 Å². The van der Waals surface area contributed by atoms with Gasteiger partial charge in [0, 0.05) is 25.0 Å². The van der Waals surface area contributed by atoms with Gasteiger partial charge in [0.1, 0.15) is 0 Å². The van der Waals surface area contributed by atoms with Crippen LogP contribution in [0.5, 0.6) is 23.0 Å². The summed E-state index contributed by atoms with van der Waals surface area (Å²) >= 11 is 0. The van der Waals surface area contributed by atoms with Gasteiger partial charge in [-0.3, -0.25) is 0 Å². The number of phenolic OH excluding ortho intramolecular Hbond substituents is 4. The van der Waals surface area contributed by atoms with E-state index < -0.39 is 66.2 Å². The molecule has 0 saturated heterocycles. The molecule has 2 unspecified atom stereocenters. The molecule has 0 aromatic heterocycles. The van der Waals surface area contributed by atoms with Crippen LogP contribution in [-0.2, 0) is 23.9 Å². The Morgan fingerprint density at radius 1 is 0.757 bits per heavy atom. The summed E-state index contributed by atoms with van der Waals surface area (Å²) in [5.41, 5.74) is -1.69. The van der Waals surface area contributed by atoms with Gasteiger partial charge in [-0.1, -0.05) is 12.1 Å². The molecule has 3 rings (SSSR count). The summed E-state index contributed by atoms with van der Waals surface area (Å²) in [4.78, 5) is 36.4. The first-order valence-corrected chi connectivity index (χ1v) is 10.8. The van der Waals surface area contributed by atoms with Crippen LogP contribution in [-0.4, -0.2) is 77.6 Å². The zero-order valence-electron chi connectivity index (χ0n) is 19.1. The number of carbonyl (C=O) groups is 3. The molecule has 12 nitrogen and oxygen atoms in total. The molecule has 12 heteroatoms. The number of aliphatic hydroxyl groups is 2. The first kappa shape index (κ1) is 27.0. The summed E-state index contributed by atoms with van der Waals surface area (Å²) < 4.78 is 10.1. The van der Waals surface area contributed by atoms with Crippen LogP contribution in [0, 0.1) is 0 Å². The van der Waals surface area contributed by atoms with Crippen LogP contribution in [0.15, 0.2) is 48.6 Å². The van der Waals surface area contributed by atoms with Gasteiger partial charge in [-0.25, -0.2) is 14.4 Å². The number of phenols is 4. The fourth-order valence-corrected chi connectivity index (χ4v) is 3.72. The minimum Gasteiger partial charge on any atom is -0.504 e. The van der Waals surface area contributed by atoms with Crippen LogP contribution in [0.1, 0.15) is 24.0 Å². The number of aromatic hydroxyl groups is 4. The molecule has 2 aromatic rings. The van der Waals surface area contributed by atoms with E-state index in [1.54, 1.807) is 0 Å². The Bertz CT molecular complexity index is 1240. The van der Waals surface area contributed by atoms with Crippen LogP contribution in [0.25, 0.3) is 12.2 Å². The quantitative estimate of drug-likeness (QED) is 0.156. The number of esters is 2. The number of hydrogen-bond donors (Lipinski definition) is 7. The van der Waals surface area contributed by atoms with E-state index in [0.29, 0.717) is 11.1 Å². The average molecular weight is 516 g/mol. The molecule has 0 heterocycles. The second-order valence-corrected chi connectivity index (χ2v) is 8.33. The van der Waals surface area contributed by atoms with E-state index in [-0.39, 0.29) is 11.5 Å². The van der Waals surface area contributed by atoms with Crippen LogP contribution >= 0.6 is 0 Å². The summed E-state index contributed by atoms with van der Waals surface area (Å²) in [6.07, 6.45) is -2.07. The standard InChI is InChI=1S/C25H24O12/c26-15-5-1-13(9-17(15)28)3-7-21(32)36-23-19(30)11-25(24(34)35,12-20(23)31)37-22(33)8-4-14-2-6-16(27)18(29)10-14/h1-10,19-20,23,26-31H,11-12H2,(H,34,35)/b7-3+,8-4-/t19-,20+,23?,25?. The average Bonchev–Trinajstić information content (AvgIpc) is 2.83. The number of aliphatic hydroxyl groups excluding tert-OH is 2. The minimum absolute atomic E-state index is 0.294. The van der Waals surface area contributed by atoms with E-state index in [1.807, 2.05) is 0 Å². The van der Waals surface area contributed by atoms with Crippen LogP contribution in [0.4, 0.5) is 0 Å². The zero-order chi connectivity index (χ0) is 27.3. The third-order valence-electron chi connectivity index (χ3n) is 5.60. The van der Waals surface area contributed by atoms with Crippen LogP contribution in [0.2, 0.25) is 0 Å². The molecule has 7 N–H and O–H groups in total. The number of carboxylic acid groups (broad SMARTS) is 1. The number of aliphatic carboxylic acids is 1. The maximum atomic E-state index is 12.3. The number of benzene rings is 2. The van der Waals surface area contributed by atoms with E-state index in [1.165, 1.54) is 42.5 Å². The molecule has 196 valence electrons. The molecule has 0 spiro atoms. The van der Waals surface area contributed by atoms with Crippen molar-refractivity contribution in [3.05, 3.63) is 59.7 Å². The van der Waals surface area contributed by atoms with Crippen molar-refractivity contribution in [2.75, 3.05) is 0 Å². The van der Waals surface area contributed by atoms with Crippen LogP contribution < -0.4 is 0 Å². The van der Waals surface area contributed by atoms with Crippen molar-refractivity contribution in [3.8, 4) is 23.0 Å². The van der Waals surface area contributed by atoms with Gasteiger partial charge in [-0.2, -0.15) is 0 Å². The lowest BCUT2D eigenvalue weighted by Gasteiger charge is -2.41. The van der Waals surface area contributed by atoms with E-state index >= 15 is 0 Å². The Kier molecular flexibility index (Phi) is 8.05. The monoisotopic (exact) mass is 516 g/mol. The summed E-state index contributed by atoms with van der Waals surface area (Å²) in [7, 11) is 0. The number of carboxylic acids is 1. The molecule has 0 bridgehead atoms. The Morgan fingerprint density at radius 2 is 1.22 bits per heavy atom. The lowest BCUT2D eigenvalue weighted by molar-refractivity contribution is -0.207. The highest BCUT2D eigenvalue weighted by molar-refractivity contribution is 5.91. The lowest BCUT2D eigenvalue weighted by Crippen LogP contribution is -2.58. The molecule has 0 amide bonds. The van der Waals surface area contributed by atoms with Gasteiger partial charge in [-0.05, 0) is 47.5 Å². The molecule has 1 aliphatic rings. The molecule has 4 atom stereocenters. The summed E-state index contributed by atoms with van der Waals surface area (Å²) in [6, 6.07) is 7.48. The van der Waals surface area contributed by atoms with E-state index in [9.17, 15) is 50.1 Å². The fourth-order valence-electron chi connectivity index (χ4n) is 3.72. The fraction of sp³-hybridized carbons (Fsp3) is 0.240. The van der Waals surface area contributed by atoms with Gasteiger partial charge in [0.2, 0.25) is 5.60 Å². The number of rotatable bonds is 7. The first-order chi connectivity index (χ1) is 17.4. The molecule has 0 radical (unpaired) electrons. The van der Waals surface area contributed by atoms with Crippen molar-refractivity contribution in [1.29, 1.82) is 0 Å². The third-order valence-corrected chi connectivity index (χ3v) is 5.60. The minimum atomic E-state index is -2.32. The summed E-state index contributed by atoms with van der Waals surface area (Å²) in [5.74, 6) is -5.32. The Hall–Kier alpha value is -4.55. The molecule has 1 fully saturated rings. The highest BCUT2D eigenvalue weighted by atomic mass is 16.6. The van der Waals surface area contributed by atoms with Gasteiger partial charge >= 0.3 is 17.9 Å². The van der Waals surface area contributed by atoms with Crippen molar-refractivity contribution < 1.29 is 59.6 Å². The van der Waals surface area contributed by atoms with Crippen molar-refractivity contribution >= 4 is 30.1 Å². The van der Waals surface area contributed by atoms with E-state index in [4.69, 9.17) is 9.47 Å². The Morgan fingerprint density at radius 3 is 1.65 bits per heavy atom. The van der Waals surface area contributed by atoms with E-state index in [0.717, 1.165) is 18.2 Å². The first-order valence-electron chi connectivity index (χ1n) is 10.8. The predicted octanol–water partition coefficient (Wildman–Crippen LogP) is 1.03. The predicted molar refractivity (Wildman–Crippen MR) is 125 cm³/mol. The third kappa shape index (κ3) is 6.57. The second-order valence-electron chi connectivity index (χ2n) is 8.33. The van der Waals surface area contributed by atoms with Crippen molar-refractivity contribution in [2.24, 2.45) is 0 Å². The highest BCUT2D eigenvalue weighted by Gasteiger charge is 2.54. The molecule has 2 aromatic carbocycles. The van der Waals surface area contributed by atoms with Gasteiger partial charge < -0.3 is 45.2 Å². The normalized spacial score (nSPS) is 23.7. The summed E-state index contributed by atoms with van der Waals surface area (Å²) in [6.45, 7) is 0. The van der Waals surface area contributed by atoms with Gasteiger partial charge in [0.15, 0.2) is 29.1 Å². The van der Waals surface area contributed by atoms with Crippen molar-refractivity contribution in [2.45, 2.75) is 36.8 Å². The number of carbonyl (C=O) groups excluding carboxylic acids is 2. The molecule has 1 aliphatic carbocycles. The van der Waals surface area contributed by atoms with Gasteiger partial charge in [-0.15, -0.1) is 0 Å². The van der Waals surface area contributed by atoms with Crippen molar-refractivity contribution in [3.63, 3.8) is 0 Å². The van der Waals surface area contributed by atoms with Gasteiger partial charge in [0.05, 0.1) is 12.2 Å². The Balaban J connectivity index is 1.66. The number of ether oxygens (including phenoxy) is 2. The molecular formula is C25H24O12. The molecular weight excluding hydrogens is 492 g/mol. The molecule has 1 saturated carbocycles. The van der Waals surface area contributed by atoms with Gasteiger partial charge in [0.25, 0.3) is 0 Å². The van der Waals surface area contributed by atoms with E-state index in [2.05, 4.69) is 0 Å². The van der Waals surface area contributed by atoms with Crippen molar-refractivity contribution in [1.82, 2.24) is 0 Å². The SMILES string of the molecule is O=C(/C=C\c1ccc(O)c(O)c1)OC1(C(=O)O)C[C@@H](O)C(OC(=O)/C=C/c2ccc(O)c(O)c2)[C@@H](O)C1. The highest BCUT2D eigenvalue weighted by Crippen LogP contribution is 2.35. The molecule has 0 aliphatic heterocycles. The largest absolute Gasteiger partial charge is 0.504 e. The molecule has 37 heavy (non-hydrogen) atoms. The zero-order valence-corrected chi connectivity index (χ0v) is 19.1. The second kappa shape index (κ2) is 11.0. The lowest BCUT2D eigenvalue weighted by atomic mass is 9.79. The smallest absolute Gasteiger partial charge is 0.348 e. The topological polar surface area (TPSA) is 211 Å². The number of hydrogen-bond acceptors (Lipinski definition) is 11.